The molecule has 41 heavy (non-hydrogen) atoms. The second-order valence-electron chi connectivity index (χ2n) is 11.8. The molecule has 4 heterocycles. The molecule has 0 N–H and O–H groups in total. The highest BCUT2D eigenvalue weighted by molar-refractivity contribution is 7.15. The highest BCUT2D eigenvalue weighted by atomic mass is 35.5. The van der Waals surface area contributed by atoms with Crippen LogP contribution in [0.4, 0.5) is 20.9 Å². The van der Waals surface area contributed by atoms with Gasteiger partial charge in [-0.15, -0.1) is 11.3 Å². The molecule has 0 radical (unpaired) electrons. The van der Waals surface area contributed by atoms with Gasteiger partial charge >= 0.3 is 5.97 Å². The molecule has 1 fully saturated rings. The molecule has 8 nitrogen and oxygen atoms in total. The van der Waals surface area contributed by atoms with Gasteiger partial charge < -0.3 is 19.4 Å². The molecular formula is C30H35ClFN5O3S. The quantitative estimate of drug-likeness (QED) is 0.326. The third kappa shape index (κ3) is 5.64. The van der Waals surface area contributed by atoms with E-state index in [1.54, 1.807) is 25.1 Å². The highest BCUT2D eigenvalue weighted by Crippen LogP contribution is 2.44. The van der Waals surface area contributed by atoms with Gasteiger partial charge in [0.25, 0.3) is 5.91 Å². The van der Waals surface area contributed by atoms with Crippen molar-refractivity contribution in [3.05, 3.63) is 63.1 Å². The number of anilines is 3. The van der Waals surface area contributed by atoms with Gasteiger partial charge in [0, 0.05) is 42.2 Å². The lowest BCUT2D eigenvalue weighted by Gasteiger charge is -2.47. The molecule has 1 saturated heterocycles. The average molecular weight is 600 g/mol. The fourth-order valence-corrected chi connectivity index (χ4v) is 6.80. The molecule has 2 aliphatic rings. The van der Waals surface area contributed by atoms with E-state index in [2.05, 4.69) is 18.7 Å². The summed E-state index contributed by atoms with van der Waals surface area (Å²) < 4.78 is 19.3. The van der Waals surface area contributed by atoms with E-state index in [0.29, 0.717) is 44.2 Å². The maximum atomic E-state index is 14.2. The van der Waals surface area contributed by atoms with Crippen LogP contribution in [-0.2, 0) is 21.4 Å². The summed E-state index contributed by atoms with van der Waals surface area (Å²) in [5, 5.41) is 0.925. The Morgan fingerprint density at radius 2 is 1.85 bits per heavy atom. The fraction of sp³-hybridized carbons (Fsp3) is 0.467. The number of halogens is 2. The molecule has 0 bridgehead atoms. The van der Waals surface area contributed by atoms with Gasteiger partial charge in [-0.3, -0.25) is 9.59 Å². The summed E-state index contributed by atoms with van der Waals surface area (Å²) in [4.78, 5) is 42.4. The Kier molecular flexibility index (Phi) is 7.76. The molecule has 218 valence electrons. The third-order valence-electron chi connectivity index (χ3n) is 7.70. The normalized spacial score (nSPS) is 17.5. The van der Waals surface area contributed by atoms with Gasteiger partial charge in [-0.05, 0) is 58.0 Å². The second-order valence-corrected chi connectivity index (χ2v) is 13.3. The Balaban J connectivity index is 1.34. The summed E-state index contributed by atoms with van der Waals surface area (Å²) in [6.07, 6.45) is 0.212. The summed E-state index contributed by atoms with van der Waals surface area (Å²) in [6, 6.07) is 8.44. The minimum Gasteiger partial charge on any atom is -0.466 e. The second kappa shape index (κ2) is 10.9. The number of benzene rings is 1. The topological polar surface area (TPSA) is 78.9 Å². The van der Waals surface area contributed by atoms with Gasteiger partial charge in [0.05, 0.1) is 40.7 Å². The zero-order valence-corrected chi connectivity index (χ0v) is 25.8. The summed E-state index contributed by atoms with van der Waals surface area (Å²) in [5.41, 5.74) is 2.75. The number of ether oxygens (including phenoxy) is 1. The molecular weight excluding hydrogens is 565 g/mol. The Bertz CT molecular complexity index is 1510. The van der Waals surface area contributed by atoms with Crippen molar-refractivity contribution in [1.29, 1.82) is 0 Å². The first-order valence-electron chi connectivity index (χ1n) is 13.7. The van der Waals surface area contributed by atoms with Gasteiger partial charge in [-0.1, -0.05) is 25.4 Å². The number of amides is 1. The predicted molar refractivity (Wildman–Crippen MR) is 160 cm³/mol. The lowest BCUT2D eigenvalue weighted by atomic mass is 9.91. The first kappa shape index (κ1) is 29.3. The number of carbonyl (C=O) groups is 2. The van der Waals surface area contributed by atoms with Crippen LogP contribution in [0.2, 0.25) is 5.02 Å². The molecule has 11 heteroatoms. The van der Waals surface area contributed by atoms with E-state index in [-0.39, 0.29) is 28.7 Å². The molecule has 0 aliphatic carbocycles. The van der Waals surface area contributed by atoms with Crippen LogP contribution in [0, 0.1) is 12.7 Å². The molecule has 1 amide bonds. The van der Waals surface area contributed by atoms with E-state index in [4.69, 9.17) is 26.3 Å². The first-order chi connectivity index (χ1) is 19.3. The van der Waals surface area contributed by atoms with E-state index in [0.717, 1.165) is 27.1 Å². The number of aromatic nitrogens is 2. The van der Waals surface area contributed by atoms with E-state index in [1.165, 1.54) is 17.4 Å². The lowest BCUT2D eigenvalue weighted by Crippen LogP contribution is -2.61. The maximum absolute atomic E-state index is 14.2. The number of esters is 1. The predicted octanol–water partition coefficient (Wildman–Crippen LogP) is 5.91. The van der Waals surface area contributed by atoms with Crippen molar-refractivity contribution >= 4 is 51.3 Å². The van der Waals surface area contributed by atoms with Crippen LogP contribution >= 0.6 is 22.9 Å². The number of nitrogens with zero attached hydrogens (tertiary/aromatic N) is 5. The van der Waals surface area contributed by atoms with Gasteiger partial charge in [0.15, 0.2) is 5.13 Å². The number of rotatable bonds is 6. The van der Waals surface area contributed by atoms with Crippen LogP contribution in [0.5, 0.6) is 0 Å². The van der Waals surface area contributed by atoms with Crippen molar-refractivity contribution in [1.82, 2.24) is 14.9 Å². The minimum atomic E-state index is -0.487. The molecule has 5 rings (SSSR count). The number of thiazole rings is 1. The summed E-state index contributed by atoms with van der Waals surface area (Å²) >= 11 is 7.41. The van der Waals surface area contributed by atoms with Crippen molar-refractivity contribution in [3.8, 4) is 0 Å². The zero-order valence-electron chi connectivity index (χ0n) is 24.3. The van der Waals surface area contributed by atoms with Crippen molar-refractivity contribution in [2.24, 2.45) is 0 Å². The monoisotopic (exact) mass is 599 g/mol. The van der Waals surface area contributed by atoms with Gasteiger partial charge in [0.2, 0.25) is 0 Å². The molecule has 2 aliphatic heterocycles. The Morgan fingerprint density at radius 3 is 2.54 bits per heavy atom. The molecule has 1 aromatic carbocycles. The number of aryl methyl sites for hydroxylation is 1. The van der Waals surface area contributed by atoms with E-state index in [9.17, 15) is 14.0 Å². The summed E-state index contributed by atoms with van der Waals surface area (Å²) in [5.74, 6) is -0.850. The lowest BCUT2D eigenvalue weighted by molar-refractivity contribution is -0.142. The number of pyridine rings is 1. The Morgan fingerprint density at radius 1 is 1.10 bits per heavy atom. The molecule has 2 aromatic heterocycles. The van der Waals surface area contributed by atoms with Crippen molar-refractivity contribution in [3.63, 3.8) is 0 Å². The molecule has 0 atom stereocenters. The third-order valence-corrected chi connectivity index (χ3v) is 9.23. The Hall–Kier alpha value is -3.24. The Labute approximate surface area is 249 Å². The summed E-state index contributed by atoms with van der Waals surface area (Å²) in [6.45, 7) is 14.6. The number of carbonyl (C=O) groups excluding carboxylic acids is 2. The minimum absolute atomic E-state index is 0.0799. The van der Waals surface area contributed by atoms with Crippen LogP contribution in [-0.4, -0.2) is 65.1 Å². The molecule has 0 saturated carbocycles. The average Bonchev–Trinajstić information content (AvgIpc) is 3.40. The van der Waals surface area contributed by atoms with E-state index >= 15 is 0 Å². The smallest absolute Gasteiger partial charge is 0.311 e. The van der Waals surface area contributed by atoms with Crippen molar-refractivity contribution in [2.75, 3.05) is 42.6 Å². The van der Waals surface area contributed by atoms with Gasteiger partial charge in [-0.25, -0.2) is 14.4 Å². The molecule has 0 unspecified atom stereocenters. The van der Waals surface area contributed by atoms with Gasteiger partial charge in [-0.2, -0.15) is 0 Å². The zero-order chi connectivity index (χ0) is 29.7. The largest absolute Gasteiger partial charge is 0.466 e. The number of piperazine rings is 1. The van der Waals surface area contributed by atoms with Crippen molar-refractivity contribution in [2.45, 2.75) is 58.9 Å². The van der Waals surface area contributed by atoms with Crippen LogP contribution in [0.3, 0.4) is 0 Å². The molecule has 3 aromatic rings. The fourth-order valence-electron chi connectivity index (χ4n) is 5.61. The standard InChI is InChI=1S/C30H35ClFN5O3S/c1-7-40-25(38)15-24-18(2)33-28(41-24)35-12-13-37(30(5,6)17-35)27(39)22-10-11-23-26(34-22)29(3,4)16-36(23)19-8-9-20(31)21(32)14-19/h8-11,14H,7,12-13,15-17H2,1-6H3. The van der Waals surface area contributed by atoms with E-state index in [1.807, 2.05) is 36.6 Å². The summed E-state index contributed by atoms with van der Waals surface area (Å²) in [7, 11) is 0. The maximum Gasteiger partial charge on any atom is 0.311 e. The van der Waals surface area contributed by atoms with E-state index < -0.39 is 11.4 Å². The van der Waals surface area contributed by atoms with Crippen LogP contribution < -0.4 is 9.80 Å². The number of hydrogen-bond donors (Lipinski definition) is 0. The SMILES string of the molecule is CCOC(=O)Cc1sc(N2CCN(C(=O)c3ccc4c(n3)C(C)(C)CN4c3ccc(Cl)c(F)c3)C(C)(C)C2)nc1C. The highest BCUT2D eigenvalue weighted by Gasteiger charge is 2.41. The van der Waals surface area contributed by atoms with Crippen LogP contribution in [0.1, 0.15) is 61.4 Å². The first-order valence-corrected chi connectivity index (χ1v) is 14.9. The van der Waals surface area contributed by atoms with Crippen molar-refractivity contribution < 1.29 is 18.7 Å². The number of fused-ring (bicyclic) bond motifs is 1. The van der Waals surface area contributed by atoms with Crippen LogP contribution in [0.25, 0.3) is 0 Å². The molecule has 0 spiro atoms. The van der Waals surface area contributed by atoms with Gasteiger partial charge in [0.1, 0.15) is 11.5 Å². The van der Waals surface area contributed by atoms with Crippen LogP contribution in [0.15, 0.2) is 30.3 Å². The number of hydrogen-bond acceptors (Lipinski definition) is 8.